The van der Waals surface area contributed by atoms with Crippen LogP contribution in [-0.4, -0.2) is 5.11 Å². The molecule has 2 aromatic rings. The van der Waals surface area contributed by atoms with Crippen LogP contribution >= 0.6 is 12.2 Å². The average molecular weight is 327 g/mol. The van der Waals surface area contributed by atoms with Gasteiger partial charge >= 0.3 is 0 Å². The van der Waals surface area contributed by atoms with Crippen molar-refractivity contribution in [3.8, 4) is 0 Å². The molecule has 1 atom stereocenters. The van der Waals surface area contributed by atoms with Gasteiger partial charge in [-0.1, -0.05) is 44.2 Å². The minimum atomic E-state index is 0.196. The molecule has 0 amide bonds. The SMILES string of the molecule is Cc1cc(C)cc(NC(=S)N[C@H](c2ccccc2C)C(C)C)c1. The first kappa shape index (κ1) is 17.5. The van der Waals surface area contributed by atoms with E-state index in [9.17, 15) is 0 Å². The maximum Gasteiger partial charge on any atom is 0.171 e. The van der Waals surface area contributed by atoms with E-state index in [0.717, 1.165) is 5.69 Å². The fourth-order valence-corrected chi connectivity index (χ4v) is 3.14. The fourth-order valence-electron chi connectivity index (χ4n) is 2.89. The van der Waals surface area contributed by atoms with E-state index in [0.29, 0.717) is 11.0 Å². The lowest BCUT2D eigenvalue weighted by Gasteiger charge is -2.26. The highest BCUT2D eigenvalue weighted by Crippen LogP contribution is 2.25. The van der Waals surface area contributed by atoms with Gasteiger partial charge in [0.2, 0.25) is 0 Å². The Morgan fingerprint density at radius 1 is 0.957 bits per heavy atom. The van der Waals surface area contributed by atoms with Crippen LogP contribution in [0.15, 0.2) is 42.5 Å². The lowest BCUT2D eigenvalue weighted by Crippen LogP contribution is -2.35. The summed E-state index contributed by atoms with van der Waals surface area (Å²) in [6, 6.07) is 15.0. The first-order chi connectivity index (χ1) is 10.9. The molecule has 2 aromatic carbocycles. The van der Waals surface area contributed by atoms with Crippen LogP contribution in [0.3, 0.4) is 0 Å². The van der Waals surface area contributed by atoms with Gasteiger partial charge in [0.25, 0.3) is 0 Å². The molecule has 0 saturated heterocycles. The number of aryl methyl sites for hydroxylation is 3. The van der Waals surface area contributed by atoms with Crippen LogP contribution in [0, 0.1) is 26.7 Å². The second-order valence-corrected chi connectivity index (χ2v) is 6.96. The molecule has 0 unspecified atom stereocenters. The van der Waals surface area contributed by atoms with E-state index in [1.54, 1.807) is 0 Å². The van der Waals surface area contributed by atoms with Crippen LogP contribution in [0.5, 0.6) is 0 Å². The molecule has 0 radical (unpaired) electrons. The van der Waals surface area contributed by atoms with Crippen LogP contribution in [0.2, 0.25) is 0 Å². The molecule has 0 heterocycles. The van der Waals surface area contributed by atoms with Crippen molar-refractivity contribution in [2.45, 2.75) is 40.7 Å². The topological polar surface area (TPSA) is 24.1 Å². The van der Waals surface area contributed by atoms with Crippen LogP contribution in [-0.2, 0) is 0 Å². The number of anilines is 1. The summed E-state index contributed by atoms with van der Waals surface area (Å²) in [5.74, 6) is 0.440. The van der Waals surface area contributed by atoms with Crippen molar-refractivity contribution in [2.75, 3.05) is 5.32 Å². The maximum absolute atomic E-state index is 5.54. The highest BCUT2D eigenvalue weighted by molar-refractivity contribution is 7.80. The lowest BCUT2D eigenvalue weighted by molar-refractivity contribution is 0.471. The molecule has 2 nitrogen and oxygen atoms in total. The van der Waals surface area contributed by atoms with Gasteiger partial charge in [-0.2, -0.15) is 0 Å². The average Bonchev–Trinajstić information content (AvgIpc) is 2.44. The maximum atomic E-state index is 5.54. The molecular formula is C20H26N2S. The second kappa shape index (κ2) is 7.60. The van der Waals surface area contributed by atoms with E-state index >= 15 is 0 Å². The highest BCUT2D eigenvalue weighted by Gasteiger charge is 2.18. The Balaban J connectivity index is 2.14. The van der Waals surface area contributed by atoms with Gasteiger partial charge in [0.15, 0.2) is 5.11 Å². The zero-order chi connectivity index (χ0) is 17.0. The quantitative estimate of drug-likeness (QED) is 0.746. The van der Waals surface area contributed by atoms with Crippen molar-refractivity contribution in [3.05, 3.63) is 64.7 Å². The summed E-state index contributed by atoms with van der Waals surface area (Å²) < 4.78 is 0. The zero-order valence-electron chi connectivity index (χ0n) is 14.6. The Morgan fingerprint density at radius 2 is 1.57 bits per heavy atom. The van der Waals surface area contributed by atoms with Crippen LogP contribution in [0.4, 0.5) is 5.69 Å². The summed E-state index contributed by atoms with van der Waals surface area (Å²) in [6.07, 6.45) is 0. The minimum absolute atomic E-state index is 0.196. The fraction of sp³-hybridized carbons (Fsp3) is 0.350. The predicted octanol–water partition coefficient (Wildman–Crippen LogP) is 5.30. The first-order valence-corrected chi connectivity index (χ1v) is 8.49. The van der Waals surface area contributed by atoms with E-state index in [1.807, 2.05) is 0 Å². The molecule has 0 spiro atoms. The Morgan fingerprint density at radius 3 is 2.13 bits per heavy atom. The summed E-state index contributed by atoms with van der Waals surface area (Å²) >= 11 is 5.54. The van der Waals surface area contributed by atoms with Gasteiger partial charge in [0, 0.05) is 5.69 Å². The smallest absolute Gasteiger partial charge is 0.171 e. The van der Waals surface area contributed by atoms with E-state index in [1.165, 1.54) is 22.3 Å². The summed E-state index contributed by atoms with van der Waals surface area (Å²) in [4.78, 5) is 0. The van der Waals surface area contributed by atoms with Crippen molar-refractivity contribution >= 4 is 23.0 Å². The van der Waals surface area contributed by atoms with E-state index in [4.69, 9.17) is 12.2 Å². The number of thiocarbonyl (C=S) groups is 1. The van der Waals surface area contributed by atoms with Gasteiger partial charge in [-0.05, 0) is 73.3 Å². The van der Waals surface area contributed by atoms with Gasteiger partial charge < -0.3 is 10.6 Å². The lowest BCUT2D eigenvalue weighted by atomic mass is 9.93. The molecule has 2 N–H and O–H groups in total. The summed E-state index contributed by atoms with van der Waals surface area (Å²) in [5, 5.41) is 7.46. The summed E-state index contributed by atoms with van der Waals surface area (Å²) in [6.45, 7) is 10.8. The van der Waals surface area contributed by atoms with Crippen molar-refractivity contribution in [1.29, 1.82) is 0 Å². The number of rotatable bonds is 4. The molecule has 0 aliphatic carbocycles. The number of benzene rings is 2. The molecule has 0 bridgehead atoms. The third kappa shape index (κ3) is 4.80. The van der Waals surface area contributed by atoms with Gasteiger partial charge in [-0.3, -0.25) is 0 Å². The third-order valence-electron chi connectivity index (χ3n) is 3.96. The standard InChI is InChI=1S/C20H26N2S/c1-13(2)19(18-9-7-6-8-16(18)5)22-20(23)21-17-11-14(3)10-15(4)12-17/h6-13,19H,1-5H3,(H2,21,22,23)/t19-/m0/s1. The summed E-state index contributed by atoms with van der Waals surface area (Å²) in [7, 11) is 0. The molecule has 0 saturated carbocycles. The van der Waals surface area contributed by atoms with Gasteiger partial charge in [0.05, 0.1) is 6.04 Å². The van der Waals surface area contributed by atoms with Gasteiger partial charge in [-0.15, -0.1) is 0 Å². The largest absolute Gasteiger partial charge is 0.355 e. The van der Waals surface area contributed by atoms with E-state index < -0.39 is 0 Å². The zero-order valence-corrected chi connectivity index (χ0v) is 15.4. The molecule has 0 aliphatic heterocycles. The van der Waals surface area contributed by atoms with Crippen molar-refractivity contribution in [2.24, 2.45) is 5.92 Å². The Bertz CT molecular complexity index is 672. The molecule has 3 heteroatoms. The number of hydrogen-bond acceptors (Lipinski definition) is 1. The van der Waals surface area contributed by atoms with Crippen LogP contribution in [0.1, 0.15) is 42.1 Å². The Hall–Kier alpha value is -1.87. The number of nitrogens with one attached hydrogen (secondary N) is 2. The summed E-state index contributed by atoms with van der Waals surface area (Å²) in [5.41, 5.74) is 6.08. The van der Waals surface area contributed by atoms with Gasteiger partial charge in [0.1, 0.15) is 0 Å². The minimum Gasteiger partial charge on any atom is -0.355 e. The monoisotopic (exact) mass is 326 g/mol. The Kier molecular flexibility index (Phi) is 5.78. The molecule has 0 aromatic heterocycles. The van der Waals surface area contributed by atoms with E-state index in [-0.39, 0.29) is 6.04 Å². The molecule has 0 aliphatic rings. The molecular weight excluding hydrogens is 300 g/mol. The van der Waals surface area contributed by atoms with Crippen molar-refractivity contribution in [3.63, 3.8) is 0 Å². The van der Waals surface area contributed by atoms with E-state index in [2.05, 4.69) is 87.7 Å². The Labute approximate surface area is 145 Å². The third-order valence-corrected chi connectivity index (χ3v) is 4.18. The molecule has 122 valence electrons. The molecule has 2 rings (SSSR count). The number of hydrogen-bond donors (Lipinski definition) is 2. The van der Waals surface area contributed by atoms with Crippen LogP contribution < -0.4 is 10.6 Å². The van der Waals surface area contributed by atoms with Crippen molar-refractivity contribution < 1.29 is 0 Å². The second-order valence-electron chi connectivity index (χ2n) is 6.55. The highest BCUT2D eigenvalue weighted by atomic mass is 32.1. The van der Waals surface area contributed by atoms with Gasteiger partial charge in [-0.25, -0.2) is 0 Å². The van der Waals surface area contributed by atoms with Crippen molar-refractivity contribution in [1.82, 2.24) is 5.32 Å². The molecule has 23 heavy (non-hydrogen) atoms. The normalized spacial score (nSPS) is 12.1. The molecule has 0 fully saturated rings. The predicted molar refractivity (Wildman–Crippen MR) is 104 cm³/mol. The van der Waals surface area contributed by atoms with Crippen LogP contribution in [0.25, 0.3) is 0 Å². The first-order valence-electron chi connectivity index (χ1n) is 8.08.